The normalized spacial score (nSPS) is 10.4. The largest absolute Gasteiger partial charge is 0.496 e. The molecule has 0 aromatic heterocycles. The number of benzene rings is 1. The summed E-state index contributed by atoms with van der Waals surface area (Å²) in [6.45, 7) is 3.96. The van der Waals surface area contributed by atoms with Gasteiger partial charge in [0.15, 0.2) is 5.78 Å². The molecule has 0 aliphatic heterocycles. The highest BCUT2D eigenvalue weighted by atomic mass is 79.9. The van der Waals surface area contributed by atoms with E-state index in [1.165, 1.54) is 0 Å². The number of hydrogen-bond acceptors (Lipinski definition) is 2. The minimum atomic E-state index is 0.235. The molecule has 0 heterocycles. The van der Waals surface area contributed by atoms with Crippen molar-refractivity contribution in [2.24, 2.45) is 0 Å². The lowest BCUT2D eigenvalue weighted by Crippen LogP contribution is -2.02. The van der Waals surface area contributed by atoms with E-state index >= 15 is 0 Å². The van der Waals surface area contributed by atoms with Crippen molar-refractivity contribution in [2.75, 3.05) is 12.4 Å². The molecule has 0 bridgehead atoms. The van der Waals surface area contributed by atoms with Crippen molar-refractivity contribution in [3.63, 3.8) is 0 Å². The minimum Gasteiger partial charge on any atom is -0.496 e. The first-order chi connectivity index (χ1) is 8.60. The second-order valence-corrected chi connectivity index (χ2v) is 5.36. The Hall–Kier alpha value is -0.830. The third-order valence-electron chi connectivity index (χ3n) is 3.02. The van der Waals surface area contributed by atoms with Crippen molar-refractivity contribution in [3.8, 4) is 5.75 Å². The third-order valence-corrected chi connectivity index (χ3v) is 3.58. The molecule has 0 N–H and O–H groups in total. The van der Waals surface area contributed by atoms with E-state index in [1.807, 2.05) is 26.0 Å². The summed E-state index contributed by atoms with van der Waals surface area (Å²) in [7, 11) is 1.66. The molecule has 1 aromatic carbocycles. The zero-order valence-electron chi connectivity index (χ0n) is 11.4. The van der Waals surface area contributed by atoms with Crippen LogP contribution < -0.4 is 4.74 Å². The highest BCUT2D eigenvalue weighted by Gasteiger charge is 2.10. The molecule has 2 nitrogen and oxygen atoms in total. The van der Waals surface area contributed by atoms with Crippen molar-refractivity contribution in [1.29, 1.82) is 0 Å². The number of ketones is 1. The lowest BCUT2D eigenvalue weighted by Gasteiger charge is -2.10. The van der Waals surface area contributed by atoms with Gasteiger partial charge in [-0.1, -0.05) is 22.4 Å². The average molecular weight is 313 g/mol. The third kappa shape index (κ3) is 4.13. The second-order valence-electron chi connectivity index (χ2n) is 4.57. The van der Waals surface area contributed by atoms with Crippen LogP contribution in [0.4, 0.5) is 0 Å². The van der Waals surface area contributed by atoms with Crippen LogP contribution in [0.25, 0.3) is 0 Å². The first-order valence-electron chi connectivity index (χ1n) is 6.34. The number of alkyl halides is 1. The van der Waals surface area contributed by atoms with Crippen LogP contribution in [0, 0.1) is 13.8 Å². The Morgan fingerprint density at radius 1 is 1.17 bits per heavy atom. The summed E-state index contributed by atoms with van der Waals surface area (Å²) in [6, 6.07) is 3.86. The molecule has 3 heteroatoms. The summed E-state index contributed by atoms with van der Waals surface area (Å²) in [5, 5.41) is 1.02. The number of rotatable bonds is 7. The van der Waals surface area contributed by atoms with E-state index in [1.54, 1.807) is 7.11 Å². The average Bonchev–Trinajstić information content (AvgIpc) is 2.34. The van der Waals surface area contributed by atoms with Gasteiger partial charge >= 0.3 is 0 Å². The molecule has 0 atom stereocenters. The van der Waals surface area contributed by atoms with E-state index in [4.69, 9.17) is 4.74 Å². The molecule has 0 amide bonds. The highest BCUT2D eigenvalue weighted by Crippen LogP contribution is 2.25. The Labute approximate surface area is 118 Å². The van der Waals surface area contributed by atoms with Crippen molar-refractivity contribution in [2.45, 2.75) is 39.5 Å². The Kier molecular flexibility index (Phi) is 6.41. The molecule has 18 heavy (non-hydrogen) atoms. The molecule has 1 aromatic rings. The molecule has 0 aliphatic carbocycles. The fourth-order valence-corrected chi connectivity index (χ4v) is 2.53. The molecular weight excluding hydrogens is 292 g/mol. The Morgan fingerprint density at radius 2 is 1.78 bits per heavy atom. The van der Waals surface area contributed by atoms with Gasteiger partial charge in [0.2, 0.25) is 0 Å². The summed E-state index contributed by atoms with van der Waals surface area (Å²) >= 11 is 3.40. The molecule has 0 saturated heterocycles. The summed E-state index contributed by atoms with van der Waals surface area (Å²) in [6.07, 6.45) is 3.84. The Bertz CT molecular complexity index is 390. The Balaban J connectivity index is 2.69. The zero-order valence-corrected chi connectivity index (χ0v) is 13.0. The number of unbranched alkanes of at least 4 members (excludes halogenated alkanes) is 2. The summed E-state index contributed by atoms with van der Waals surface area (Å²) < 4.78 is 5.31. The predicted molar refractivity (Wildman–Crippen MR) is 79.1 cm³/mol. The molecule has 0 radical (unpaired) electrons. The van der Waals surface area contributed by atoms with Gasteiger partial charge < -0.3 is 4.74 Å². The van der Waals surface area contributed by atoms with E-state index in [-0.39, 0.29) is 5.78 Å². The van der Waals surface area contributed by atoms with Crippen molar-refractivity contribution in [3.05, 3.63) is 28.8 Å². The number of hydrogen-bond donors (Lipinski definition) is 0. The quantitative estimate of drug-likeness (QED) is 0.422. The number of halogens is 1. The van der Waals surface area contributed by atoms with Crippen LogP contribution in [0.5, 0.6) is 5.75 Å². The van der Waals surface area contributed by atoms with Gasteiger partial charge in [0.25, 0.3) is 0 Å². The van der Waals surface area contributed by atoms with E-state index < -0.39 is 0 Å². The summed E-state index contributed by atoms with van der Waals surface area (Å²) in [4.78, 5) is 12.1. The van der Waals surface area contributed by atoms with E-state index in [9.17, 15) is 4.79 Å². The SMILES string of the molecule is COc1c(C)cc(C(=O)CCCCCBr)cc1C. The maximum atomic E-state index is 12.1. The van der Waals surface area contributed by atoms with Gasteiger partial charge in [-0.2, -0.15) is 0 Å². The minimum absolute atomic E-state index is 0.235. The van der Waals surface area contributed by atoms with Crippen LogP contribution in [-0.4, -0.2) is 18.2 Å². The highest BCUT2D eigenvalue weighted by molar-refractivity contribution is 9.09. The standard InChI is InChI=1S/C15H21BrO2/c1-11-9-13(10-12(2)15(11)18-3)14(17)7-5-4-6-8-16/h9-10H,4-8H2,1-3H3. The van der Waals surface area contributed by atoms with E-state index in [2.05, 4.69) is 15.9 Å². The van der Waals surface area contributed by atoms with Gasteiger partial charge in [-0.05, 0) is 49.9 Å². The van der Waals surface area contributed by atoms with E-state index in [0.717, 1.165) is 47.0 Å². The second kappa shape index (κ2) is 7.57. The molecule has 100 valence electrons. The number of carbonyl (C=O) groups excluding carboxylic acids is 1. The van der Waals surface area contributed by atoms with Gasteiger partial charge in [-0.15, -0.1) is 0 Å². The molecule has 0 unspecified atom stereocenters. The fourth-order valence-electron chi connectivity index (χ4n) is 2.13. The van der Waals surface area contributed by atoms with Crippen molar-refractivity contribution < 1.29 is 9.53 Å². The monoisotopic (exact) mass is 312 g/mol. The van der Waals surface area contributed by atoms with Gasteiger partial charge in [-0.3, -0.25) is 4.79 Å². The number of ether oxygens (including phenoxy) is 1. The number of carbonyl (C=O) groups is 1. The van der Waals surface area contributed by atoms with Crippen LogP contribution in [-0.2, 0) is 0 Å². The number of aryl methyl sites for hydroxylation is 2. The maximum Gasteiger partial charge on any atom is 0.162 e. The van der Waals surface area contributed by atoms with E-state index in [0.29, 0.717) is 6.42 Å². The lowest BCUT2D eigenvalue weighted by molar-refractivity contribution is 0.0979. The smallest absolute Gasteiger partial charge is 0.162 e. The Morgan fingerprint density at radius 3 is 2.28 bits per heavy atom. The molecule has 0 spiro atoms. The zero-order chi connectivity index (χ0) is 13.5. The molecule has 0 fully saturated rings. The predicted octanol–water partition coefficient (Wildman–Crippen LogP) is 4.45. The van der Waals surface area contributed by atoms with Crippen molar-refractivity contribution >= 4 is 21.7 Å². The molecular formula is C15H21BrO2. The number of methoxy groups -OCH3 is 1. The van der Waals surface area contributed by atoms with Gasteiger partial charge in [0, 0.05) is 17.3 Å². The molecule has 0 aliphatic rings. The summed E-state index contributed by atoms with van der Waals surface area (Å²) in [5.74, 6) is 1.12. The maximum absolute atomic E-state index is 12.1. The van der Waals surface area contributed by atoms with Crippen LogP contribution in [0.3, 0.4) is 0 Å². The first kappa shape index (κ1) is 15.2. The van der Waals surface area contributed by atoms with Crippen molar-refractivity contribution in [1.82, 2.24) is 0 Å². The topological polar surface area (TPSA) is 26.3 Å². The fraction of sp³-hybridized carbons (Fsp3) is 0.533. The van der Waals surface area contributed by atoms with Gasteiger partial charge in [-0.25, -0.2) is 0 Å². The van der Waals surface area contributed by atoms with Gasteiger partial charge in [0.1, 0.15) is 5.75 Å². The van der Waals surface area contributed by atoms with Gasteiger partial charge in [0.05, 0.1) is 7.11 Å². The van der Waals surface area contributed by atoms with Crippen LogP contribution in [0.2, 0.25) is 0 Å². The summed E-state index contributed by atoms with van der Waals surface area (Å²) in [5.41, 5.74) is 2.87. The molecule has 0 saturated carbocycles. The lowest BCUT2D eigenvalue weighted by atomic mass is 9.99. The van der Waals surface area contributed by atoms with Crippen LogP contribution in [0.1, 0.15) is 47.2 Å². The van der Waals surface area contributed by atoms with Crippen LogP contribution >= 0.6 is 15.9 Å². The first-order valence-corrected chi connectivity index (χ1v) is 7.46. The van der Waals surface area contributed by atoms with Crippen LogP contribution in [0.15, 0.2) is 12.1 Å². The molecule has 1 rings (SSSR count). The number of Topliss-reactive ketones (excluding diaryl/α,β-unsaturated/α-hetero) is 1.